The SMILES string of the molecule is O=C(NCCc1ccccc1)NCC(O)C1CCCCC1. The van der Waals surface area contributed by atoms with Gasteiger partial charge >= 0.3 is 6.03 Å². The number of aliphatic hydroxyl groups is 1. The Morgan fingerprint density at radius 3 is 2.57 bits per heavy atom. The number of aliphatic hydroxyl groups excluding tert-OH is 1. The highest BCUT2D eigenvalue weighted by molar-refractivity contribution is 5.73. The number of urea groups is 1. The van der Waals surface area contributed by atoms with Crippen molar-refractivity contribution in [3.63, 3.8) is 0 Å². The Morgan fingerprint density at radius 2 is 1.86 bits per heavy atom. The summed E-state index contributed by atoms with van der Waals surface area (Å²) in [6, 6.07) is 9.88. The monoisotopic (exact) mass is 290 g/mol. The van der Waals surface area contributed by atoms with Crippen molar-refractivity contribution in [1.29, 1.82) is 0 Å². The molecule has 1 saturated carbocycles. The summed E-state index contributed by atoms with van der Waals surface area (Å²) in [7, 11) is 0. The van der Waals surface area contributed by atoms with Crippen LogP contribution in [0.25, 0.3) is 0 Å². The first-order valence-corrected chi connectivity index (χ1v) is 7.99. The summed E-state index contributed by atoms with van der Waals surface area (Å²) < 4.78 is 0. The van der Waals surface area contributed by atoms with Gasteiger partial charge in [0.25, 0.3) is 0 Å². The molecule has 4 heteroatoms. The lowest BCUT2D eigenvalue weighted by atomic mass is 9.85. The maximum atomic E-state index is 11.7. The van der Waals surface area contributed by atoms with Crippen LogP contribution in [0.4, 0.5) is 4.79 Å². The van der Waals surface area contributed by atoms with E-state index in [2.05, 4.69) is 10.6 Å². The number of carbonyl (C=O) groups excluding carboxylic acids is 1. The molecule has 0 aliphatic heterocycles. The minimum Gasteiger partial charge on any atom is -0.391 e. The molecule has 2 rings (SSSR count). The van der Waals surface area contributed by atoms with E-state index in [0.29, 0.717) is 19.0 Å². The van der Waals surface area contributed by atoms with Crippen molar-refractivity contribution in [2.24, 2.45) is 5.92 Å². The number of hydrogen-bond acceptors (Lipinski definition) is 2. The molecule has 0 spiro atoms. The predicted molar refractivity (Wildman–Crippen MR) is 84.1 cm³/mol. The highest BCUT2D eigenvalue weighted by atomic mass is 16.3. The van der Waals surface area contributed by atoms with Crippen LogP contribution < -0.4 is 10.6 Å². The first-order chi connectivity index (χ1) is 10.3. The van der Waals surface area contributed by atoms with Crippen LogP contribution in [0.5, 0.6) is 0 Å². The molecule has 116 valence electrons. The van der Waals surface area contributed by atoms with Gasteiger partial charge in [-0.05, 0) is 30.7 Å². The number of rotatable bonds is 6. The molecule has 1 fully saturated rings. The number of nitrogens with one attached hydrogen (secondary N) is 2. The van der Waals surface area contributed by atoms with E-state index in [9.17, 15) is 9.90 Å². The van der Waals surface area contributed by atoms with E-state index >= 15 is 0 Å². The standard InChI is InChI=1S/C17H26N2O2/c20-16(15-9-5-2-6-10-15)13-19-17(21)18-12-11-14-7-3-1-4-8-14/h1,3-4,7-8,15-16,20H,2,5-6,9-13H2,(H2,18,19,21). The zero-order chi connectivity index (χ0) is 14.9. The number of amides is 2. The zero-order valence-corrected chi connectivity index (χ0v) is 12.6. The van der Waals surface area contributed by atoms with Gasteiger partial charge in [0.15, 0.2) is 0 Å². The topological polar surface area (TPSA) is 61.4 Å². The number of hydrogen-bond donors (Lipinski definition) is 3. The lowest BCUT2D eigenvalue weighted by molar-refractivity contribution is 0.0858. The fourth-order valence-corrected chi connectivity index (χ4v) is 2.91. The molecule has 0 radical (unpaired) electrons. The fraction of sp³-hybridized carbons (Fsp3) is 0.588. The van der Waals surface area contributed by atoms with Crippen LogP contribution >= 0.6 is 0 Å². The molecular formula is C17H26N2O2. The predicted octanol–water partition coefficient (Wildman–Crippen LogP) is 2.47. The quantitative estimate of drug-likeness (QED) is 0.753. The molecule has 1 atom stereocenters. The molecule has 4 nitrogen and oxygen atoms in total. The molecule has 1 aromatic rings. The lowest BCUT2D eigenvalue weighted by Gasteiger charge is -2.26. The van der Waals surface area contributed by atoms with Crippen molar-refractivity contribution >= 4 is 6.03 Å². The molecule has 1 aliphatic carbocycles. The number of carbonyl (C=O) groups is 1. The molecule has 1 aliphatic rings. The zero-order valence-electron chi connectivity index (χ0n) is 12.6. The van der Waals surface area contributed by atoms with Gasteiger partial charge in [0.05, 0.1) is 6.10 Å². The Labute approximate surface area is 126 Å². The van der Waals surface area contributed by atoms with E-state index in [4.69, 9.17) is 0 Å². The molecule has 0 saturated heterocycles. The summed E-state index contributed by atoms with van der Waals surface area (Å²) in [6.45, 7) is 0.956. The molecule has 0 aromatic heterocycles. The smallest absolute Gasteiger partial charge is 0.314 e. The van der Waals surface area contributed by atoms with Crippen molar-refractivity contribution in [3.05, 3.63) is 35.9 Å². The Balaban J connectivity index is 1.58. The lowest BCUT2D eigenvalue weighted by Crippen LogP contribution is -2.42. The Hall–Kier alpha value is -1.55. The van der Waals surface area contributed by atoms with Gasteiger partial charge in [-0.15, -0.1) is 0 Å². The summed E-state index contributed by atoms with van der Waals surface area (Å²) in [5.74, 6) is 0.350. The van der Waals surface area contributed by atoms with Crippen molar-refractivity contribution in [3.8, 4) is 0 Å². The van der Waals surface area contributed by atoms with Gasteiger partial charge in [0.2, 0.25) is 0 Å². The third kappa shape index (κ3) is 5.76. The first kappa shape index (κ1) is 15.8. The largest absolute Gasteiger partial charge is 0.391 e. The van der Waals surface area contributed by atoms with Gasteiger partial charge in [-0.3, -0.25) is 0 Å². The van der Waals surface area contributed by atoms with Crippen LogP contribution in [0.15, 0.2) is 30.3 Å². The van der Waals surface area contributed by atoms with Crippen LogP contribution in [0.1, 0.15) is 37.7 Å². The van der Waals surface area contributed by atoms with Gasteiger partial charge in [-0.25, -0.2) is 4.79 Å². The Bertz CT molecular complexity index is 416. The van der Waals surface area contributed by atoms with Crippen molar-refractivity contribution in [2.45, 2.75) is 44.6 Å². The highest BCUT2D eigenvalue weighted by Gasteiger charge is 2.21. The fourth-order valence-electron chi connectivity index (χ4n) is 2.91. The third-order valence-electron chi connectivity index (χ3n) is 4.21. The van der Waals surface area contributed by atoms with Gasteiger partial charge in [-0.1, -0.05) is 49.6 Å². The Kier molecular flexibility index (Phi) is 6.54. The van der Waals surface area contributed by atoms with Gasteiger partial charge < -0.3 is 15.7 Å². The summed E-state index contributed by atoms with van der Waals surface area (Å²) in [4.78, 5) is 11.7. The van der Waals surface area contributed by atoms with E-state index in [1.807, 2.05) is 30.3 Å². The van der Waals surface area contributed by atoms with Crippen LogP contribution in [0.2, 0.25) is 0 Å². The van der Waals surface area contributed by atoms with E-state index in [1.165, 1.54) is 24.8 Å². The Morgan fingerprint density at radius 1 is 1.14 bits per heavy atom. The number of benzene rings is 1. The average molecular weight is 290 g/mol. The molecule has 2 amide bonds. The van der Waals surface area contributed by atoms with E-state index in [0.717, 1.165) is 19.3 Å². The van der Waals surface area contributed by atoms with Crippen molar-refractivity contribution < 1.29 is 9.90 Å². The third-order valence-corrected chi connectivity index (χ3v) is 4.21. The maximum Gasteiger partial charge on any atom is 0.314 e. The second-order valence-electron chi connectivity index (χ2n) is 5.84. The summed E-state index contributed by atoms with van der Waals surface area (Å²) in [5, 5.41) is 15.7. The molecule has 21 heavy (non-hydrogen) atoms. The van der Waals surface area contributed by atoms with Crippen LogP contribution in [0.3, 0.4) is 0 Å². The first-order valence-electron chi connectivity index (χ1n) is 7.99. The van der Waals surface area contributed by atoms with Crippen LogP contribution in [-0.2, 0) is 6.42 Å². The summed E-state index contributed by atoms with van der Waals surface area (Å²) >= 11 is 0. The summed E-state index contributed by atoms with van der Waals surface area (Å²) in [5.41, 5.74) is 1.21. The van der Waals surface area contributed by atoms with Crippen molar-refractivity contribution in [1.82, 2.24) is 10.6 Å². The molecular weight excluding hydrogens is 264 g/mol. The van der Waals surface area contributed by atoms with Gasteiger partial charge in [0.1, 0.15) is 0 Å². The molecule has 0 bridgehead atoms. The molecule has 1 aromatic carbocycles. The molecule has 0 heterocycles. The van der Waals surface area contributed by atoms with E-state index in [-0.39, 0.29) is 6.03 Å². The van der Waals surface area contributed by atoms with E-state index in [1.54, 1.807) is 0 Å². The van der Waals surface area contributed by atoms with E-state index < -0.39 is 6.10 Å². The second kappa shape index (κ2) is 8.67. The summed E-state index contributed by atoms with van der Waals surface area (Å²) in [6.07, 6.45) is 6.24. The second-order valence-corrected chi connectivity index (χ2v) is 5.84. The average Bonchev–Trinajstić information content (AvgIpc) is 2.54. The minimum absolute atomic E-state index is 0.194. The highest BCUT2D eigenvalue weighted by Crippen LogP contribution is 2.26. The normalized spacial score (nSPS) is 17.2. The minimum atomic E-state index is -0.412. The van der Waals surface area contributed by atoms with Gasteiger partial charge in [0, 0.05) is 13.1 Å². The van der Waals surface area contributed by atoms with Crippen LogP contribution in [-0.4, -0.2) is 30.3 Å². The van der Waals surface area contributed by atoms with Crippen LogP contribution in [0, 0.1) is 5.92 Å². The van der Waals surface area contributed by atoms with Crippen molar-refractivity contribution in [2.75, 3.05) is 13.1 Å². The molecule has 3 N–H and O–H groups in total. The molecule has 1 unspecified atom stereocenters. The van der Waals surface area contributed by atoms with Gasteiger partial charge in [-0.2, -0.15) is 0 Å². The maximum absolute atomic E-state index is 11.7.